The highest BCUT2D eigenvalue weighted by molar-refractivity contribution is 7.87. The van der Waals surface area contributed by atoms with Crippen LogP contribution in [0.2, 0.25) is 0 Å². The van der Waals surface area contributed by atoms with Gasteiger partial charge in [0.05, 0.1) is 23.7 Å². The Balaban J connectivity index is 1.61. The average molecular weight is 593 g/mol. The maximum Gasteiger partial charge on any atom is 0.412 e. The Bertz CT molecular complexity index is 1580. The van der Waals surface area contributed by atoms with Gasteiger partial charge in [-0.15, -0.1) is 11.3 Å². The third-order valence-corrected chi connectivity index (χ3v) is 7.34. The molecule has 4 N–H and O–H groups in total. The predicted octanol–water partition coefficient (Wildman–Crippen LogP) is 4.91. The van der Waals surface area contributed by atoms with E-state index in [1.807, 2.05) is 70.8 Å². The van der Waals surface area contributed by atoms with Gasteiger partial charge in [0.25, 0.3) is 0 Å². The first-order valence-corrected chi connectivity index (χ1v) is 14.8. The molecule has 0 aliphatic heterocycles. The van der Waals surface area contributed by atoms with Gasteiger partial charge in [-0.1, -0.05) is 79.4 Å². The predicted molar refractivity (Wildman–Crippen MR) is 157 cm³/mol. The normalized spacial score (nSPS) is 12.5. The molecule has 2 atom stereocenters. The second-order valence-electron chi connectivity index (χ2n) is 8.94. The van der Waals surface area contributed by atoms with Crippen LogP contribution in [-0.2, 0) is 32.7 Å². The number of anilines is 1. The van der Waals surface area contributed by atoms with Crippen molar-refractivity contribution in [2.45, 2.75) is 24.9 Å². The molecule has 4 aromatic rings. The number of thiazole rings is 1. The summed E-state index contributed by atoms with van der Waals surface area (Å²) >= 11 is 1.44. The Labute approximate surface area is 242 Å². The SMILES string of the molecule is C=COC(=O)N[C@@H](Cc1ccccc1)C(=O)N[C@@H](Cc1ccc(NS(=O)(=O)O)cc1)c1csc(-c2ccccc2)n1. The molecule has 4 rings (SSSR count). The van der Waals surface area contributed by atoms with Crippen LogP contribution >= 0.6 is 11.3 Å². The molecule has 0 radical (unpaired) electrons. The Morgan fingerprint density at radius 1 is 0.927 bits per heavy atom. The fourth-order valence-corrected chi connectivity index (χ4v) is 5.38. The molecule has 0 spiro atoms. The monoisotopic (exact) mass is 592 g/mol. The quantitative estimate of drug-likeness (QED) is 0.135. The lowest BCUT2D eigenvalue weighted by Gasteiger charge is -2.23. The average Bonchev–Trinajstić information content (AvgIpc) is 3.44. The van der Waals surface area contributed by atoms with Gasteiger partial charge in [0.2, 0.25) is 5.91 Å². The Hall–Kier alpha value is -4.52. The molecular formula is C29H28N4O6S2. The van der Waals surface area contributed by atoms with Crippen molar-refractivity contribution in [1.82, 2.24) is 15.6 Å². The number of nitrogens with zero attached hydrogens (tertiary/aromatic N) is 1. The zero-order valence-corrected chi connectivity index (χ0v) is 23.4. The van der Waals surface area contributed by atoms with Crippen LogP contribution in [0.5, 0.6) is 0 Å². The highest BCUT2D eigenvalue weighted by atomic mass is 32.2. The number of carbonyl (C=O) groups excluding carboxylic acids is 2. The maximum atomic E-state index is 13.6. The zero-order valence-electron chi connectivity index (χ0n) is 21.8. The lowest BCUT2D eigenvalue weighted by molar-refractivity contribution is -0.123. The molecule has 0 saturated heterocycles. The van der Waals surface area contributed by atoms with Crippen LogP contribution in [0.4, 0.5) is 10.5 Å². The number of aromatic nitrogens is 1. The minimum atomic E-state index is -4.41. The summed E-state index contributed by atoms with van der Waals surface area (Å²) in [5.74, 6) is -0.446. The van der Waals surface area contributed by atoms with Crippen molar-refractivity contribution in [3.63, 3.8) is 0 Å². The number of carbonyl (C=O) groups is 2. The molecule has 12 heteroatoms. The van der Waals surface area contributed by atoms with Gasteiger partial charge in [0, 0.05) is 17.4 Å². The molecule has 3 aromatic carbocycles. The number of hydrogen-bond acceptors (Lipinski definition) is 7. The third kappa shape index (κ3) is 9.00. The van der Waals surface area contributed by atoms with Crippen LogP contribution in [0, 0.1) is 0 Å². The second-order valence-corrected chi connectivity index (χ2v) is 11.0. The second kappa shape index (κ2) is 13.7. The molecule has 10 nitrogen and oxygen atoms in total. The summed E-state index contributed by atoms with van der Waals surface area (Å²) in [6.45, 7) is 3.38. The summed E-state index contributed by atoms with van der Waals surface area (Å²) in [5.41, 5.74) is 3.35. The molecule has 0 aliphatic rings. The van der Waals surface area contributed by atoms with Crippen molar-refractivity contribution in [2.75, 3.05) is 4.72 Å². The van der Waals surface area contributed by atoms with Gasteiger partial charge in [-0.05, 0) is 29.7 Å². The molecule has 0 bridgehead atoms. The number of ether oxygens (including phenoxy) is 1. The Kier molecular flexibility index (Phi) is 9.85. The summed E-state index contributed by atoms with van der Waals surface area (Å²) < 4.78 is 38.1. The fraction of sp³-hybridized carbons (Fsp3) is 0.138. The van der Waals surface area contributed by atoms with E-state index in [2.05, 4.69) is 17.2 Å². The molecule has 0 fully saturated rings. The highest BCUT2D eigenvalue weighted by Gasteiger charge is 2.26. The minimum Gasteiger partial charge on any atom is -0.419 e. The molecule has 212 valence electrons. The van der Waals surface area contributed by atoms with Crippen LogP contribution in [-0.4, -0.2) is 36.0 Å². The van der Waals surface area contributed by atoms with Gasteiger partial charge >= 0.3 is 16.4 Å². The van der Waals surface area contributed by atoms with E-state index >= 15 is 0 Å². The molecule has 1 heterocycles. The fourth-order valence-electron chi connectivity index (χ4n) is 4.07. The highest BCUT2D eigenvalue weighted by Crippen LogP contribution is 2.28. The maximum absolute atomic E-state index is 13.6. The van der Waals surface area contributed by atoms with Gasteiger partial charge in [-0.25, -0.2) is 9.78 Å². The number of benzene rings is 3. The van der Waals surface area contributed by atoms with Gasteiger partial charge in [0.1, 0.15) is 11.0 Å². The molecule has 0 saturated carbocycles. The largest absolute Gasteiger partial charge is 0.419 e. The van der Waals surface area contributed by atoms with E-state index < -0.39 is 34.4 Å². The number of amides is 2. The first-order chi connectivity index (χ1) is 19.7. The summed E-state index contributed by atoms with van der Waals surface area (Å²) in [5, 5.41) is 8.27. The van der Waals surface area contributed by atoms with Crippen molar-refractivity contribution < 1.29 is 27.3 Å². The number of rotatable bonds is 12. The molecular weight excluding hydrogens is 564 g/mol. The molecule has 0 aliphatic carbocycles. The molecule has 0 unspecified atom stereocenters. The van der Waals surface area contributed by atoms with E-state index in [9.17, 15) is 18.0 Å². The first-order valence-electron chi connectivity index (χ1n) is 12.5. The third-order valence-electron chi connectivity index (χ3n) is 5.94. The van der Waals surface area contributed by atoms with Gasteiger partial charge < -0.3 is 15.4 Å². The van der Waals surface area contributed by atoms with E-state index in [0.717, 1.165) is 28.0 Å². The lowest BCUT2D eigenvalue weighted by Crippen LogP contribution is -2.49. The van der Waals surface area contributed by atoms with Crippen LogP contribution in [0.15, 0.2) is 103 Å². The smallest absolute Gasteiger partial charge is 0.412 e. The summed E-state index contributed by atoms with van der Waals surface area (Å²) in [4.78, 5) is 30.6. The first kappa shape index (κ1) is 29.5. The van der Waals surface area contributed by atoms with Crippen molar-refractivity contribution >= 4 is 39.3 Å². The van der Waals surface area contributed by atoms with Crippen molar-refractivity contribution in [3.8, 4) is 10.6 Å². The van der Waals surface area contributed by atoms with Crippen molar-refractivity contribution in [1.29, 1.82) is 0 Å². The Morgan fingerprint density at radius 2 is 1.56 bits per heavy atom. The number of hydrogen-bond donors (Lipinski definition) is 4. The van der Waals surface area contributed by atoms with E-state index in [1.54, 1.807) is 12.1 Å². The minimum absolute atomic E-state index is 0.185. The summed E-state index contributed by atoms with van der Waals surface area (Å²) in [6.07, 6.45) is 0.699. The number of alkyl carbamates (subject to hydrolysis) is 1. The molecule has 1 aromatic heterocycles. The van der Waals surface area contributed by atoms with E-state index in [0.29, 0.717) is 12.1 Å². The summed E-state index contributed by atoms with van der Waals surface area (Å²) in [7, 11) is -4.41. The van der Waals surface area contributed by atoms with Crippen LogP contribution in [0.3, 0.4) is 0 Å². The summed E-state index contributed by atoms with van der Waals surface area (Å²) in [6, 6.07) is 23.7. The van der Waals surface area contributed by atoms with Crippen LogP contribution < -0.4 is 15.4 Å². The van der Waals surface area contributed by atoms with Crippen molar-refractivity contribution in [2.24, 2.45) is 0 Å². The molecule has 2 amide bonds. The zero-order chi connectivity index (χ0) is 29.2. The van der Waals surface area contributed by atoms with Crippen LogP contribution in [0.25, 0.3) is 10.6 Å². The van der Waals surface area contributed by atoms with Gasteiger partial charge in [-0.2, -0.15) is 8.42 Å². The Morgan fingerprint density at radius 3 is 2.20 bits per heavy atom. The van der Waals surface area contributed by atoms with E-state index in [-0.39, 0.29) is 12.1 Å². The molecule has 41 heavy (non-hydrogen) atoms. The van der Waals surface area contributed by atoms with Gasteiger partial charge in [0.15, 0.2) is 0 Å². The standard InChI is InChI=1S/C29H28N4O6S2/c1-2-39-29(35)32-25(18-20-9-5-3-6-10-20)27(34)30-24(17-21-13-15-23(16-14-21)33-41(36,37)38)26-19-40-28(31-26)22-11-7-4-8-12-22/h2-16,19,24-25,33H,1,17-18H2,(H,30,34)(H,32,35)(H,36,37,38)/t24-,25-/m0/s1. The lowest BCUT2D eigenvalue weighted by atomic mass is 10.0. The van der Waals surface area contributed by atoms with Gasteiger partial charge in [-0.3, -0.25) is 14.1 Å². The number of nitrogens with one attached hydrogen (secondary N) is 3. The van der Waals surface area contributed by atoms with E-state index in [1.165, 1.54) is 23.5 Å². The van der Waals surface area contributed by atoms with Crippen LogP contribution in [0.1, 0.15) is 22.9 Å². The van der Waals surface area contributed by atoms with Crippen molar-refractivity contribution in [3.05, 3.63) is 120 Å². The topological polar surface area (TPSA) is 147 Å². The van der Waals surface area contributed by atoms with E-state index in [4.69, 9.17) is 14.3 Å².